The number of hydrogen-bond donors (Lipinski definition) is 1. The van der Waals surface area contributed by atoms with Crippen molar-refractivity contribution >= 4 is 16.8 Å². The second-order valence-electron chi connectivity index (χ2n) is 4.94. The third-order valence-corrected chi connectivity index (χ3v) is 3.46. The summed E-state index contributed by atoms with van der Waals surface area (Å²) >= 11 is 0. The first kappa shape index (κ1) is 14.1. The van der Waals surface area contributed by atoms with Gasteiger partial charge in [-0.25, -0.2) is 0 Å². The van der Waals surface area contributed by atoms with Crippen molar-refractivity contribution in [1.82, 2.24) is 10.3 Å². The summed E-state index contributed by atoms with van der Waals surface area (Å²) in [5.74, 6) is 1.29. The van der Waals surface area contributed by atoms with Crippen molar-refractivity contribution in [2.45, 2.75) is 13.5 Å². The number of fused-ring (bicyclic) bond motifs is 1. The average Bonchev–Trinajstić information content (AvgIpc) is 3.04. The zero-order chi connectivity index (χ0) is 15.5. The first-order chi connectivity index (χ1) is 10.7. The van der Waals surface area contributed by atoms with Crippen LogP contribution in [0.15, 0.2) is 47.1 Å². The Bertz CT molecular complexity index is 810. The molecule has 0 atom stereocenters. The summed E-state index contributed by atoms with van der Waals surface area (Å²) in [7, 11) is 1.62. The minimum absolute atomic E-state index is 0.167. The van der Waals surface area contributed by atoms with Crippen LogP contribution in [0.1, 0.15) is 21.8 Å². The van der Waals surface area contributed by atoms with Gasteiger partial charge in [0.05, 0.1) is 36.7 Å². The normalized spacial score (nSPS) is 10.6. The molecule has 0 spiro atoms. The van der Waals surface area contributed by atoms with Crippen molar-refractivity contribution in [1.29, 1.82) is 0 Å². The predicted molar refractivity (Wildman–Crippen MR) is 82.9 cm³/mol. The molecule has 2 heterocycles. The number of aryl methyl sites for hydroxylation is 1. The van der Waals surface area contributed by atoms with Crippen molar-refractivity contribution in [3.05, 3.63) is 59.7 Å². The first-order valence-corrected chi connectivity index (χ1v) is 6.93. The van der Waals surface area contributed by atoms with E-state index in [1.807, 2.05) is 37.3 Å². The lowest BCUT2D eigenvalue weighted by Gasteiger charge is -2.09. The molecule has 0 aliphatic rings. The topological polar surface area (TPSA) is 64.4 Å². The summed E-state index contributed by atoms with van der Waals surface area (Å²) in [6.07, 6.45) is 1.58. The van der Waals surface area contributed by atoms with E-state index in [2.05, 4.69) is 10.3 Å². The molecule has 0 radical (unpaired) electrons. The van der Waals surface area contributed by atoms with Gasteiger partial charge in [0, 0.05) is 11.5 Å². The smallest absolute Gasteiger partial charge is 0.253 e. The minimum atomic E-state index is -0.167. The van der Waals surface area contributed by atoms with E-state index < -0.39 is 0 Å². The SMILES string of the molecule is COc1ccc2cc(C(=O)NCc3ccco3)c(C)nc2c1. The van der Waals surface area contributed by atoms with E-state index in [0.717, 1.165) is 16.7 Å². The number of benzene rings is 1. The molecule has 1 N–H and O–H groups in total. The van der Waals surface area contributed by atoms with Crippen LogP contribution in [-0.4, -0.2) is 18.0 Å². The Kier molecular flexibility index (Phi) is 3.78. The van der Waals surface area contributed by atoms with Gasteiger partial charge in [-0.2, -0.15) is 0 Å². The fourth-order valence-corrected chi connectivity index (χ4v) is 2.28. The number of aromatic nitrogens is 1. The largest absolute Gasteiger partial charge is 0.497 e. The number of rotatable bonds is 4. The standard InChI is InChI=1S/C17H16N2O3/c1-11-15(17(20)18-10-14-4-3-7-22-14)8-12-5-6-13(21-2)9-16(12)19-11/h3-9H,10H2,1-2H3,(H,18,20). The van der Waals surface area contributed by atoms with Gasteiger partial charge in [0.2, 0.25) is 0 Å². The maximum Gasteiger partial charge on any atom is 0.253 e. The second-order valence-corrected chi connectivity index (χ2v) is 4.94. The van der Waals surface area contributed by atoms with Gasteiger partial charge >= 0.3 is 0 Å². The number of amides is 1. The lowest BCUT2D eigenvalue weighted by molar-refractivity contribution is 0.0947. The highest BCUT2D eigenvalue weighted by atomic mass is 16.5. The van der Waals surface area contributed by atoms with Crippen LogP contribution >= 0.6 is 0 Å². The number of pyridine rings is 1. The van der Waals surface area contributed by atoms with Crippen LogP contribution in [0, 0.1) is 6.92 Å². The van der Waals surface area contributed by atoms with Gasteiger partial charge in [-0.1, -0.05) is 0 Å². The summed E-state index contributed by atoms with van der Waals surface area (Å²) in [5.41, 5.74) is 2.04. The van der Waals surface area contributed by atoms with E-state index in [4.69, 9.17) is 9.15 Å². The Labute approximate surface area is 127 Å². The van der Waals surface area contributed by atoms with Gasteiger partial charge < -0.3 is 14.5 Å². The van der Waals surface area contributed by atoms with E-state index in [1.54, 1.807) is 19.4 Å². The number of nitrogens with one attached hydrogen (secondary N) is 1. The number of nitrogens with zero attached hydrogens (tertiary/aromatic N) is 1. The van der Waals surface area contributed by atoms with Crippen LogP contribution in [0.25, 0.3) is 10.9 Å². The molecule has 2 aromatic heterocycles. The van der Waals surface area contributed by atoms with E-state index in [9.17, 15) is 4.79 Å². The zero-order valence-corrected chi connectivity index (χ0v) is 12.4. The Hall–Kier alpha value is -2.82. The van der Waals surface area contributed by atoms with Crippen molar-refractivity contribution in [3.63, 3.8) is 0 Å². The number of furan rings is 1. The van der Waals surface area contributed by atoms with Crippen LogP contribution in [-0.2, 0) is 6.54 Å². The van der Waals surface area contributed by atoms with Crippen LogP contribution in [0.3, 0.4) is 0 Å². The van der Waals surface area contributed by atoms with Crippen molar-refractivity contribution in [2.24, 2.45) is 0 Å². The third kappa shape index (κ3) is 2.79. The summed E-state index contributed by atoms with van der Waals surface area (Å²) in [6, 6.07) is 11.0. The quantitative estimate of drug-likeness (QED) is 0.803. The Balaban J connectivity index is 1.86. The number of methoxy groups -OCH3 is 1. The molecule has 0 fully saturated rings. The Morgan fingerprint density at radius 1 is 1.32 bits per heavy atom. The van der Waals surface area contributed by atoms with Gasteiger partial charge in [0.25, 0.3) is 5.91 Å². The van der Waals surface area contributed by atoms with E-state index >= 15 is 0 Å². The van der Waals surface area contributed by atoms with Crippen LogP contribution in [0.2, 0.25) is 0 Å². The molecule has 0 aliphatic carbocycles. The van der Waals surface area contributed by atoms with Gasteiger partial charge in [-0.3, -0.25) is 9.78 Å². The van der Waals surface area contributed by atoms with Crippen molar-refractivity contribution < 1.29 is 13.9 Å². The molecule has 0 saturated heterocycles. The molecular formula is C17H16N2O3. The van der Waals surface area contributed by atoms with Gasteiger partial charge in [0.15, 0.2) is 0 Å². The molecule has 1 amide bonds. The molecule has 112 valence electrons. The van der Waals surface area contributed by atoms with E-state index in [0.29, 0.717) is 23.6 Å². The molecule has 5 heteroatoms. The van der Waals surface area contributed by atoms with Gasteiger partial charge in [-0.15, -0.1) is 0 Å². The average molecular weight is 296 g/mol. The fraction of sp³-hybridized carbons (Fsp3) is 0.176. The van der Waals surface area contributed by atoms with Crippen molar-refractivity contribution in [2.75, 3.05) is 7.11 Å². The second kappa shape index (κ2) is 5.89. The fourth-order valence-electron chi connectivity index (χ4n) is 2.28. The molecule has 0 aliphatic heterocycles. The third-order valence-electron chi connectivity index (χ3n) is 3.46. The maximum absolute atomic E-state index is 12.3. The summed E-state index contributed by atoms with van der Waals surface area (Å²) in [4.78, 5) is 16.8. The molecule has 3 aromatic rings. The summed E-state index contributed by atoms with van der Waals surface area (Å²) < 4.78 is 10.4. The molecule has 1 aromatic carbocycles. The summed E-state index contributed by atoms with van der Waals surface area (Å²) in [5, 5.41) is 3.73. The summed E-state index contributed by atoms with van der Waals surface area (Å²) in [6.45, 7) is 2.17. The predicted octanol–water partition coefficient (Wildman–Crippen LogP) is 3.07. The monoisotopic (exact) mass is 296 g/mol. The molecule has 3 rings (SSSR count). The van der Waals surface area contributed by atoms with Gasteiger partial charge in [0.1, 0.15) is 11.5 Å². The Morgan fingerprint density at radius 3 is 2.91 bits per heavy atom. The highest BCUT2D eigenvalue weighted by Crippen LogP contribution is 2.21. The molecule has 0 bridgehead atoms. The maximum atomic E-state index is 12.3. The number of carbonyl (C=O) groups excluding carboxylic acids is 1. The van der Waals surface area contributed by atoms with E-state index in [-0.39, 0.29) is 5.91 Å². The molecular weight excluding hydrogens is 280 g/mol. The van der Waals surface area contributed by atoms with E-state index in [1.165, 1.54) is 0 Å². The van der Waals surface area contributed by atoms with Crippen molar-refractivity contribution in [3.8, 4) is 5.75 Å². The minimum Gasteiger partial charge on any atom is -0.497 e. The molecule has 5 nitrogen and oxygen atoms in total. The van der Waals surface area contributed by atoms with Crippen LogP contribution in [0.5, 0.6) is 5.75 Å². The highest BCUT2D eigenvalue weighted by Gasteiger charge is 2.12. The highest BCUT2D eigenvalue weighted by molar-refractivity contribution is 5.98. The van der Waals surface area contributed by atoms with Crippen LogP contribution in [0.4, 0.5) is 0 Å². The first-order valence-electron chi connectivity index (χ1n) is 6.93. The number of carbonyl (C=O) groups is 1. The molecule has 0 unspecified atom stereocenters. The lowest BCUT2D eigenvalue weighted by Crippen LogP contribution is -2.23. The van der Waals surface area contributed by atoms with Gasteiger partial charge in [-0.05, 0) is 37.3 Å². The van der Waals surface area contributed by atoms with Crippen LogP contribution < -0.4 is 10.1 Å². The molecule has 0 saturated carbocycles. The lowest BCUT2D eigenvalue weighted by atomic mass is 10.1. The number of ether oxygens (including phenoxy) is 1. The molecule has 22 heavy (non-hydrogen) atoms. The Morgan fingerprint density at radius 2 is 2.18 bits per heavy atom. The number of hydrogen-bond acceptors (Lipinski definition) is 4. The zero-order valence-electron chi connectivity index (χ0n) is 12.4.